The van der Waals surface area contributed by atoms with Gasteiger partial charge in [-0.15, -0.1) is 0 Å². The number of para-hydroxylation sites is 1. The minimum absolute atomic E-state index is 0.684. The van der Waals surface area contributed by atoms with Gasteiger partial charge in [-0.25, -0.2) is 15.0 Å². The third-order valence-corrected chi connectivity index (χ3v) is 13.5. The smallest absolute Gasteiger partial charge is 0.164 e. The zero-order chi connectivity index (χ0) is 30.6. The van der Waals surface area contributed by atoms with E-state index in [1.165, 1.54) is 49.0 Å². The molecule has 6 aromatic carbocycles. The standard InChI is InChI=1S/C41H28N4Si/c1-46(2)37-32-18-10-19-34(37)41-43-39(25-11-4-3-5-12-25)42-40(44-41)28-15-8-13-26(23-28)27-14-9-16-29(24-27)45-35-20-7-6-17-30(35)31-21-22-33(32)38(46)36(31)45/h3-24H,1-2H3. The third-order valence-electron chi connectivity index (χ3n) is 9.91. The maximum absolute atomic E-state index is 5.24. The molecule has 46 heavy (non-hydrogen) atoms. The van der Waals surface area contributed by atoms with E-state index in [1.807, 2.05) is 18.2 Å². The Morgan fingerprint density at radius 1 is 0.457 bits per heavy atom. The van der Waals surface area contributed by atoms with E-state index in [4.69, 9.17) is 15.0 Å². The molecule has 0 N–H and O–H groups in total. The van der Waals surface area contributed by atoms with Crippen molar-refractivity contribution in [3.63, 3.8) is 0 Å². The number of hydrogen-bond acceptors (Lipinski definition) is 3. The summed E-state index contributed by atoms with van der Waals surface area (Å²) in [6.07, 6.45) is 0. The lowest BCUT2D eigenvalue weighted by atomic mass is 10.00. The molecule has 2 aromatic heterocycles. The quantitative estimate of drug-likeness (QED) is 0.176. The van der Waals surface area contributed by atoms with E-state index in [0.717, 1.165) is 33.6 Å². The van der Waals surface area contributed by atoms with Crippen LogP contribution in [-0.4, -0.2) is 27.6 Å². The van der Waals surface area contributed by atoms with Crippen molar-refractivity contribution in [3.05, 3.63) is 133 Å². The molecule has 4 nitrogen and oxygen atoms in total. The number of rotatable bonds is 1. The highest BCUT2D eigenvalue weighted by molar-refractivity contribution is 7.05. The van der Waals surface area contributed by atoms with Crippen LogP contribution in [0.15, 0.2) is 133 Å². The van der Waals surface area contributed by atoms with E-state index in [-0.39, 0.29) is 0 Å². The van der Waals surface area contributed by atoms with Crippen molar-refractivity contribution in [1.29, 1.82) is 0 Å². The molecule has 2 aliphatic rings. The lowest BCUT2D eigenvalue weighted by Gasteiger charge is -2.23. The molecule has 2 aliphatic heterocycles. The molecular formula is C41H28N4Si. The summed E-state index contributed by atoms with van der Waals surface area (Å²) in [5.74, 6) is 2.10. The Bertz CT molecular complexity index is 2560. The van der Waals surface area contributed by atoms with Gasteiger partial charge >= 0.3 is 0 Å². The van der Waals surface area contributed by atoms with E-state index >= 15 is 0 Å². The molecule has 0 fully saturated rings. The molecule has 0 unspecified atom stereocenters. The molecule has 10 rings (SSSR count). The minimum Gasteiger partial charge on any atom is -0.309 e. The summed E-state index contributed by atoms with van der Waals surface area (Å²) in [6, 6.07) is 48.1. The first kappa shape index (κ1) is 25.7. The van der Waals surface area contributed by atoms with Gasteiger partial charge in [0.2, 0.25) is 0 Å². The minimum atomic E-state index is -2.31. The lowest BCUT2D eigenvalue weighted by Crippen LogP contribution is -2.50. The summed E-state index contributed by atoms with van der Waals surface area (Å²) in [7, 11) is -2.31. The first-order valence-electron chi connectivity index (χ1n) is 15.8. The first-order chi connectivity index (χ1) is 22.6. The van der Waals surface area contributed by atoms with Crippen LogP contribution in [-0.2, 0) is 0 Å². The van der Waals surface area contributed by atoms with Crippen molar-refractivity contribution in [2.75, 3.05) is 0 Å². The van der Waals surface area contributed by atoms with Crippen LogP contribution in [0.5, 0.6) is 0 Å². The predicted molar refractivity (Wildman–Crippen MR) is 192 cm³/mol. The Balaban J connectivity index is 1.40. The summed E-state index contributed by atoms with van der Waals surface area (Å²) >= 11 is 0. The molecule has 0 atom stereocenters. The van der Waals surface area contributed by atoms with Gasteiger partial charge in [-0.3, -0.25) is 0 Å². The van der Waals surface area contributed by atoms with Crippen molar-refractivity contribution in [2.24, 2.45) is 0 Å². The van der Waals surface area contributed by atoms with Gasteiger partial charge in [0.05, 0.1) is 11.0 Å². The van der Waals surface area contributed by atoms with Crippen molar-refractivity contribution in [2.45, 2.75) is 13.1 Å². The molecule has 0 saturated carbocycles. The van der Waals surface area contributed by atoms with Crippen LogP contribution in [0.2, 0.25) is 13.1 Å². The number of hydrogen-bond donors (Lipinski definition) is 0. The molecule has 0 saturated heterocycles. The summed E-state index contributed by atoms with van der Waals surface area (Å²) < 4.78 is 2.52. The van der Waals surface area contributed by atoms with E-state index in [0.29, 0.717) is 11.6 Å². The van der Waals surface area contributed by atoms with Gasteiger partial charge in [-0.2, -0.15) is 0 Å². The maximum Gasteiger partial charge on any atom is 0.164 e. The SMILES string of the molecule is C[Si]1(C)c2c3cccc2-c2ccc4c5ccccc5n(c4c21)-c1cccc(c1)-c1cccc(c1)-c1nc(-c2ccccc2)nc-3n1. The fourth-order valence-electron chi connectivity index (χ4n) is 7.95. The van der Waals surface area contributed by atoms with Crippen LogP contribution in [0.1, 0.15) is 0 Å². The van der Waals surface area contributed by atoms with Gasteiger partial charge < -0.3 is 4.57 Å². The second-order valence-electron chi connectivity index (χ2n) is 12.9. The van der Waals surface area contributed by atoms with Crippen LogP contribution >= 0.6 is 0 Å². The molecule has 8 bridgehead atoms. The van der Waals surface area contributed by atoms with Crippen LogP contribution < -0.4 is 10.4 Å². The highest BCUT2D eigenvalue weighted by Gasteiger charge is 2.42. The predicted octanol–water partition coefficient (Wildman–Crippen LogP) is 8.75. The second kappa shape index (κ2) is 9.19. The largest absolute Gasteiger partial charge is 0.309 e. The number of aromatic nitrogens is 4. The third kappa shape index (κ3) is 3.46. The molecule has 216 valence electrons. The van der Waals surface area contributed by atoms with Crippen molar-refractivity contribution < 1.29 is 0 Å². The van der Waals surface area contributed by atoms with Gasteiger partial charge in [0.25, 0.3) is 0 Å². The normalized spacial score (nSPS) is 13.6. The van der Waals surface area contributed by atoms with Crippen molar-refractivity contribution in [1.82, 2.24) is 19.5 Å². The van der Waals surface area contributed by atoms with E-state index < -0.39 is 8.07 Å². The summed E-state index contributed by atoms with van der Waals surface area (Å²) in [4.78, 5) is 15.5. The van der Waals surface area contributed by atoms with Crippen molar-refractivity contribution in [3.8, 4) is 62.1 Å². The van der Waals surface area contributed by atoms with E-state index in [9.17, 15) is 0 Å². The van der Waals surface area contributed by atoms with Gasteiger partial charge in [0.1, 0.15) is 8.07 Å². The second-order valence-corrected chi connectivity index (χ2v) is 17.1. The van der Waals surface area contributed by atoms with Gasteiger partial charge in [-0.1, -0.05) is 122 Å². The Kier molecular flexibility index (Phi) is 5.12. The Morgan fingerprint density at radius 2 is 1.09 bits per heavy atom. The molecule has 4 heterocycles. The van der Waals surface area contributed by atoms with E-state index in [2.05, 4.69) is 133 Å². The summed E-state index contributed by atoms with van der Waals surface area (Å²) in [6.45, 7) is 5.00. The molecule has 8 aromatic rings. The summed E-state index contributed by atoms with van der Waals surface area (Å²) in [5.41, 5.74) is 11.7. The Labute approximate surface area is 267 Å². The molecule has 5 heteroatoms. The lowest BCUT2D eigenvalue weighted by molar-refractivity contribution is 1.08. The first-order valence-corrected chi connectivity index (χ1v) is 18.8. The average molecular weight is 605 g/mol. The zero-order valence-electron chi connectivity index (χ0n) is 25.5. The molecule has 0 amide bonds. The molecule has 0 spiro atoms. The summed E-state index contributed by atoms with van der Waals surface area (Å²) in [5, 5.41) is 5.45. The fourth-order valence-corrected chi connectivity index (χ4v) is 11.7. The number of fused-ring (bicyclic) bond motifs is 14. The maximum atomic E-state index is 5.24. The Hall–Kier alpha value is -5.65. The number of nitrogens with zero attached hydrogens (tertiary/aromatic N) is 4. The topological polar surface area (TPSA) is 43.6 Å². The average Bonchev–Trinajstić information content (AvgIpc) is 3.57. The van der Waals surface area contributed by atoms with Crippen molar-refractivity contribution >= 4 is 40.3 Å². The van der Waals surface area contributed by atoms with Gasteiger partial charge in [0, 0.05) is 33.2 Å². The highest BCUT2D eigenvalue weighted by Crippen LogP contribution is 2.40. The zero-order valence-corrected chi connectivity index (χ0v) is 26.5. The van der Waals surface area contributed by atoms with Crippen LogP contribution in [0, 0.1) is 0 Å². The van der Waals surface area contributed by atoms with Crippen LogP contribution in [0.4, 0.5) is 0 Å². The monoisotopic (exact) mass is 604 g/mol. The highest BCUT2D eigenvalue weighted by atomic mass is 28.3. The fraction of sp³-hybridized carbons (Fsp3) is 0.0488. The molecular weight excluding hydrogens is 577 g/mol. The number of benzene rings is 6. The Morgan fingerprint density at radius 3 is 1.96 bits per heavy atom. The van der Waals surface area contributed by atoms with Gasteiger partial charge in [-0.05, 0) is 56.9 Å². The van der Waals surface area contributed by atoms with E-state index in [1.54, 1.807) is 0 Å². The molecule has 0 aliphatic carbocycles. The van der Waals surface area contributed by atoms with Gasteiger partial charge in [0.15, 0.2) is 17.5 Å². The molecule has 0 radical (unpaired) electrons. The van der Waals surface area contributed by atoms with Crippen LogP contribution in [0.3, 0.4) is 0 Å². The van der Waals surface area contributed by atoms with Crippen LogP contribution in [0.25, 0.3) is 83.9 Å².